The van der Waals surface area contributed by atoms with E-state index in [1.807, 2.05) is 25.1 Å². The summed E-state index contributed by atoms with van der Waals surface area (Å²) in [4.78, 5) is 12.7. The molecule has 0 heterocycles. The highest BCUT2D eigenvalue weighted by molar-refractivity contribution is 7.92. The quantitative estimate of drug-likeness (QED) is 0.502. The fraction of sp³-hybridized carbons (Fsp3) is 0.320. The predicted molar refractivity (Wildman–Crippen MR) is 130 cm³/mol. The number of rotatable bonds is 10. The Morgan fingerprint density at radius 1 is 1.03 bits per heavy atom. The Labute approximate surface area is 190 Å². The van der Waals surface area contributed by atoms with Gasteiger partial charge in [-0.3, -0.25) is 9.10 Å². The lowest BCUT2D eigenvalue weighted by Crippen LogP contribution is -2.41. The van der Waals surface area contributed by atoms with Crippen LogP contribution in [-0.2, 0) is 21.2 Å². The highest BCUT2D eigenvalue weighted by Gasteiger charge is 2.24. The standard InChI is InChI=1S/C25H30N2O4S/c1-4-31-24-15-8-7-14-23(24)27(32(3,29)30)18-25(28)26-17-19(2)16-21-12-9-11-20-10-5-6-13-22(20)21/h5-15,19H,4,16-18H2,1-3H3,(H,26,28). The summed E-state index contributed by atoms with van der Waals surface area (Å²) < 4.78 is 31.5. The first-order valence-corrected chi connectivity index (χ1v) is 12.6. The van der Waals surface area contributed by atoms with Crippen molar-refractivity contribution in [2.24, 2.45) is 5.92 Å². The molecule has 0 saturated heterocycles. The Balaban J connectivity index is 1.65. The summed E-state index contributed by atoms with van der Waals surface area (Å²) in [7, 11) is -3.67. The molecule has 3 aromatic rings. The van der Waals surface area contributed by atoms with Gasteiger partial charge in [-0.1, -0.05) is 61.5 Å². The molecule has 3 rings (SSSR count). The van der Waals surface area contributed by atoms with E-state index < -0.39 is 10.0 Å². The number of carbonyl (C=O) groups is 1. The smallest absolute Gasteiger partial charge is 0.240 e. The van der Waals surface area contributed by atoms with Gasteiger partial charge in [-0.05, 0) is 47.7 Å². The number of carbonyl (C=O) groups excluding carboxylic acids is 1. The molecule has 1 unspecified atom stereocenters. The molecule has 0 spiro atoms. The molecule has 32 heavy (non-hydrogen) atoms. The van der Waals surface area contributed by atoms with E-state index in [0.717, 1.165) is 17.0 Å². The van der Waals surface area contributed by atoms with E-state index in [9.17, 15) is 13.2 Å². The summed E-state index contributed by atoms with van der Waals surface area (Å²) >= 11 is 0. The van der Waals surface area contributed by atoms with E-state index in [4.69, 9.17) is 4.74 Å². The molecule has 7 heteroatoms. The first-order chi connectivity index (χ1) is 15.3. The maximum Gasteiger partial charge on any atom is 0.240 e. The molecule has 6 nitrogen and oxygen atoms in total. The van der Waals surface area contributed by atoms with E-state index in [0.29, 0.717) is 24.6 Å². The molecular formula is C25H30N2O4S. The van der Waals surface area contributed by atoms with Gasteiger partial charge in [0.25, 0.3) is 0 Å². The van der Waals surface area contributed by atoms with Crippen LogP contribution in [0.15, 0.2) is 66.7 Å². The number of para-hydroxylation sites is 2. The molecule has 0 aliphatic carbocycles. The minimum absolute atomic E-state index is 0.187. The third-order valence-electron chi connectivity index (χ3n) is 5.22. The van der Waals surface area contributed by atoms with Crippen LogP contribution in [0, 0.1) is 5.92 Å². The van der Waals surface area contributed by atoms with E-state index in [2.05, 4.69) is 36.5 Å². The summed E-state index contributed by atoms with van der Waals surface area (Å²) in [6.07, 6.45) is 1.90. The monoisotopic (exact) mass is 454 g/mol. The molecular weight excluding hydrogens is 424 g/mol. The van der Waals surface area contributed by atoms with Gasteiger partial charge in [-0.15, -0.1) is 0 Å². The Kier molecular flexibility index (Phi) is 7.75. The van der Waals surface area contributed by atoms with Crippen LogP contribution in [0.4, 0.5) is 5.69 Å². The second-order valence-corrected chi connectivity index (χ2v) is 9.83. The van der Waals surface area contributed by atoms with Gasteiger partial charge in [0.2, 0.25) is 15.9 Å². The number of amides is 1. The lowest BCUT2D eigenvalue weighted by molar-refractivity contribution is -0.119. The Bertz CT molecular complexity index is 1170. The van der Waals surface area contributed by atoms with Gasteiger partial charge in [0, 0.05) is 6.54 Å². The lowest BCUT2D eigenvalue weighted by Gasteiger charge is -2.24. The fourth-order valence-corrected chi connectivity index (χ4v) is 4.57. The number of hydrogen-bond donors (Lipinski definition) is 1. The van der Waals surface area contributed by atoms with Gasteiger partial charge in [0.05, 0.1) is 18.6 Å². The minimum atomic E-state index is -3.67. The summed E-state index contributed by atoms with van der Waals surface area (Å²) in [5.41, 5.74) is 1.59. The normalized spacial score (nSPS) is 12.3. The SMILES string of the molecule is CCOc1ccccc1N(CC(=O)NCC(C)Cc1cccc2ccccc12)S(C)(=O)=O. The highest BCUT2D eigenvalue weighted by atomic mass is 32.2. The average Bonchev–Trinajstić information content (AvgIpc) is 2.76. The van der Waals surface area contributed by atoms with Crippen molar-refractivity contribution in [3.05, 3.63) is 72.3 Å². The van der Waals surface area contributed by atoms with E-state index in [-0.39, 0.29) is 18.4 Å². The molecule has 170 valence electrons. The average molecular weight is 455 g/mol. The molecule has 0 bridgehead atoms. The lowest BCUT2D eigenvalue weighted by atomic mass is 9.96. The molecule has 0 fully saturated rings. The largest absolute Gasteiger partial charge is 0.492 e. The van der Waals surface area contributed by atoms with Crippen molar-refractivity contribution in [3.8, 4) is 5.75 Å². The van der Waals surface area contributed by atoms with Gasteiger partial charge in [-0.2, -0.15) is 0 Å². The van der Waals surface area contributed by atoms with Crippen molar-refractivity contribution in [1.82, 2.24) is 5.32 Å². The van der Waals surface area contributed by atoms with Crippen LogP contribution in [0.1, 0.15) is 19.4 Å². The number of ether oxygens (including phenoxy) is 1. The van der Waals surface area contributed by atoms with Crippen LogP contribution in [-0.4, -0.2) is 40.3 Å². The molecule has 1 atom stereocenters. The molecule has 0 aromatic heterocycles. The van der Waals surface area contributed by atoms with Crippen molar-refractivity contribution in [2.75, 3.05) is 30.3 Å². The number of benzene rings is 3. The van der Waals surface area contributed by atoms with Crippen LogP contribution in [0.3, 0.4) is 0 Å². The molecule has 0 radical (unpaired) electrons. The molecule has 1 amide bonds. The van der Waals surface area contributed by atoms with Crippen molar-refractivity contribution < 1.29 is 17.9 Å². The van der Waals surface area contributed by atoms with Crippen LogP contribution >= 0.6 is 0 Å². The van der Waals surface area contributed by atoms with E-state index in [1.165, 1.54) is 16.3 Å². The Morgan fingerprint density at radius 2 is 1.72 bits per heavy atom. The van der Waals surface area contributed by atoms with Gasteiger partial charge in [-0.25, -0.2) is 8.42 Å². The van der Waals surface area contributed by atoms with E-state index in [1.54, 1.807) is 24.3 Å². The van der Waals surface area contributed by atoms with Crippen LogP contribution < -0.4 is 14.4 Å². The summed E-state index contributed by atoms with van der Waals surface area (Å²) in [5.74, 6) is 0.260. The van der Waals surface area contributed by atoms with Crippen LogP contribution in [0.25, 0.3) is 10.8 Å². The zero-order chi connectivity index (χ0) is 23.1. The first kappa shape index (κ1) is 23.6. The predicted octanol–water partition coefficient (Wildman–Crippen LogP) is 4.00. The molecule has 3 aromatic carbocycles. The zero-order valence-corrected chi connectivity index (χ0v) is 19.6. The Morgan fingerprint density at radius 3 is 2.47 bits per heavy atom. The highest BCUT2D eigenvalue weighted by Crippen LogP contribution is 2.29. The van der Waals surface area contributed by atoms with Crippen molar-refractivity contribution >= 4 is 32.4 Å². The number of fused-ring (bicyclic) bond motifs is 1. The number of hydrogen-bond acceptors (Lipinski definition) is 4. The van der Waals surface area contributed by atoms with Gasteiger partial charge in [0.1, 0.15) is 12.3 Å². The molecule has 0 saturated carbocycles. The Hall–Kier alpha value is -3.06. The maximum atomic E-state index is 12.7. The second-order valence-electron chi connectivity index (χ2n) is 7.92. The van der Waals surface area contributed by atoms with Gasteiger partial charge in [0.15, 0.2) is 0 Å². The molecule has 0 aliphatic heterocycles. The second kappa shape index (κ2) is 10.5. The summed E-state index contributed by atoms with van der Waals surface area (Å²) in [6, 6.07) is 21.3. The summed E-state index contributed by atoms with van der Waals surface area (Å²) in [5, 5.41) is 5.29. The molecule has 1 N–H and O–H groups in total. The first-order valence-electron chi connectivity index (χ1n) is 10.7. The third-order valence-corrected chi connectivity index (χ3v) is 6.34. The van der Waals surface area contributed by atoms with Crippen LogP contribution in [0.5, 0.6) is 5.75 Å². The van der Waals surface area contributed by atoms with Gasteiger partial charge < -0.3 is 10.1 Å². The third kappa shape index (κ3) is 6.01. The van der Waals surface area contributed by atoms with Crippen LogP contribution in [0.2, 0.25) is 0 Å². The summed E-state index contributed by atoms with van der Waals surface area (Å²) in [6.45, 7) is 4.44. The van der Waals surface area contributed by atoms with Gasteiger partial charge >= 0.3 is 0 Å². The number of anilines is 1. The molecule has 0 aliphatic rings. The maximum absolute atomic E-state index is 12.7. The topological polar surface area (TPSA) is 75.7 Å². The number of nitrogens with one attached hydrogen (secondary N) is 1. The van der Waals surface area contributed by atoms with E-state index >= 15 is 0 Å². The van der Waals surface area contributed by atoms with Crippen molar-refractivity contribution in [2.45, 2.75) is 20.3 Å². The zero-order valence-electron chi connectivity index (χ0n) is 18.7. The number of sulfonamides is 1. The van der Waals surface area contributed by atoms with Crippen molar-refractivity contribution in [1.29, 1.82) is 0 Å². The number of nitrogens with zero attached hydrogens (tertiary/aromatic N) is 1. The van der Waals surface area contributed by atoms with Crippen molar-refractivity contribution in [3.63, 3.8) is 0 Å². The minimum Gasteiger partial charge on any atom is -0.492 e. The fourth-order valence-electron chi connectivity index (χ4n) is 3.71.